The van der Waals surface area contributed by atoms with Gasteiger partial charge >= 0.3 is 5.97 Å². The summed E-state index contributed by atoms with van der Waals surface area (Å²) in [6.07, 6.45) is 5.16. The minimum atomic E-state index is -0.230. The second-order valence-electron chi connectivity index (χ2n) is 1.61. The second kappa shape index (κ2) is 2.82. The van der Waals surface area contributed by atoms with E-state index >= 15 is 0 Å². The Bertz CT molecular complexity index is 181. The number of cyclic esters (lactones) is 1. The summed E-state index contributed by atoms with van der Waals surface area (Å²) >= 11 is 3.19. The largest absolute Gasteiger partial charge is 0.434 e. The molecule has 1 aliphatic rings. The zero-order chi connectivity index (χ0) is 6.69. The highest BCUT2D eigenvalue weighted by Gasteiger charge is 2.04. The molecule has 0 aliphatic carbocycles. The molecule has 9 heavy (non-hydrogen) atoms. The van der Waals surface area contributed by atoms with Gasteiger partial charge in [-0.1, -0.05) is 15.9 Å². The fraction of sp³-hybridized carbons (Fsp3) is 0.167. The summed E-state index contributed by atoms with van der Waals surface area (Å²) in [5, 5.41) is 0. The van der Waals surface area contributed by atoms with E-state index in [2.05, 4.69) is 20.7 Å². The van der Waals surface area contributed by atoms with Gasteiger partial charge in [-0.3, -0.25) is 4.79 Å². The van der Waals surface area contributed by atoms with Crippen LogP contribution in [0.25, 0.3) is 0 Å². The molecule has 0 saturated heterocycles. The van der Waals surface area contributed by atoms with Crippen molar-refractivity contribution in [3.05, 3.63) is 22.9 Å². The van der Waals surface area contributed by atoms with Crippen molar-refractivity contribution in [2.75, 3.05) is 0 Å². The molecule has 0 aromatic heterocycles. The lowest BCUT2D eigenvalue weighted by atomic mass is 10.4. The lowest BCUT2D eigenvalue weighted by Crippen LogP contribution is -1.96. The number of rotatable bonds is 0. The second-order valence-corrected chi connectivity index (χ2v) is 2.63. The third kappa shape index (κ3) is 2.01. The third-order valence-corrected chi connectivity index (χ3v) is 1.41. The van der Waals surface area contributed by atoms with Crippen molar-refractivity contribution in [1.82, 2.24) is 0 Å². The molecule has 3 heteroatoms. The smallest absolute Gasteiger partial charge is 0.315 e. The van der Waals surface area contributed by atoms with Crippen molar-refractivity contribution in [2.24, 2.45) is 0 Å². The first-order valence-electron chi connectivity index (χ1n) is 2.50. The van der Waals surface area contributed by atoms with Crippen LogP contribution < -0.4 is 0 Å². The lowest BCUT2D eigenvalue weighted by molar-refractivity contribution is -0.136. The molecule has 0 aromatic carbocycles. The maximum atomic E-state index is 10.5. The van der Waals surface area contributed by atoms with E-state index in [0.717, 1.165) is 4.48 Å². The molecular formula is C6H5BrO2. The van der Waals surface area contributed by atoms with Crippen LogP contribution in [0.1, 0.15) is 6.42 Å². The normalized spacial score (nSPS) is 18.3. The van der Waals surface area contributed by atoms with Gasteiger partial charge in [0.05, 0.1) is 12.7 Å². The van der Waals surface area contributed by atoms with Crippen LogP contribution in [0, 0.1) is 0 Å². The van der Waals surface area contributed by atoms with Gasteiger partial charge in [0.2, 0.25) is 0 Å². The standard InChI is InChI=1S/C6H5BrO2/c7-5-2-1-3-9-6(8)4-5/h1-3H,4H2. The molecule has 0 N–H and O–H groups in total. The van der Waals surface area contributed by atoms with Crippen molar-refractivity contribution in [2.45, 2.75) is 6.42 Å². The molecule has 0 bridgehead atoms. The van der Waals surface area contributed by atoms with E-state index in [1.54, 1.807) is 12.2 Å². The molecule has 1 aliphatic heterocycles. The van der Waals surface area contributed by atoms with E-state index in [-0.39, 0.29) is 5.97 Å². The van der Waals surface area contributed by atoms with Gasteiger partial charge in [0, 0.05) is 4.48 Å². The highest BCUT2D eigenvalue weighted by atomic mass is 79.9. The quantitative estimate of drug-likeness (QED) is 0.542. The predicted octanol–water partition coefficient (Wildman–Crippen LogP) is 1.73. The minimum absolute atomic E-state index is 0.230. The Balaban J connectivity index is 2.69. The molecule has 0 aromatic rings. The predicted molar refractivity (Wildman–Crippen MR) is 36.9 cm³/mol. The van der Waals surface area contributed by atoms with Crippen LogP contribution in [0.15, 0.2) is 22.9 Å². The first kappa shape index (κ1) is 6.55. The monoisotopic (exact) mass is 188 g/mol. The van der Waals surface area contributed by atoms with Crippen molar-refractivity contribution in [1.29, 1.82) is 0 Å². The number of hydrogen-bond donors (Lipinski definition) is 0. The fourth-order valence-corrected chi connectivity index (χ4v) is 0.879. The number of allylic oxidation sites excluding steroid dienone is 2. The molecule has 1 rings (SSSR count). The van der Waals surface area contributed by atoms with Crippen molar-refractivity contribution in [3.63, 3.8) is 0 Å². The number of carbonyl (C=O) groups is 1. The number of carbonyl (C=O) groups excluding carboxylic acids is 1. The summed E-state index contributed by atoms with van der Waals surface area (Å²) in [5.41, 5.74) is 0. The fourth-order valence-electron chi connectivity index (χ4n) is 0.497. The van der Waals surface area contributed by atoms with E-state index in [9.17, 15) is 4.79 Å². The summed E-state index contributed by atoms with van der Waals surface area (Å²) < 4.78 is 5.42. The highest BCUT2D eigenvalue weighted by molar-refractivity contribution is 9.11. The van der Waals surface area contributed by atoms with Gasteiger partial charge in [-0.2, -0.15) is 0 Å². The molecule has 0 saturated carbocycles. The van der Waals surface area contributed by atoms with Gasteiger partial charge in [0.1, 0.15) is 0 Å². The van der Waals surface area contributed by atoms with Gasteiger partial charge in [0.15, 0.2) is 0 Å². The first-order chi connectivity index (χ1) is 4.29. The van der Waals surface area contributed by atoms with Crippen LogP contribution in [0.3, 0.4) is 0 Å². The number of halogens is 1. The lowest BCUT2D eigenvalue weighted by Gasteiger charge is -1.91. The van der Waals surface area contributed by atoms with E-state index < -0.39 is 0 Å². The first-order valence-corrected chi connectivity index (χ1v) is 3.29. The Kier molecular flexibility index (Phi) is 2.05. The zero-order valence-electron chi connectivity index (χ0n) is 4.63. The van der Waals surface area contributed by atoms with Crippen LogP contribution in [0.5, 0.6) is 0 Å². The molecule has 0 atom stereocenters. The van der Waals surface area contributed by atoms with Gasteiger partial charge in [0.25, 0.3) is 0 Å². The summed E-state index contributed by atoms with van der Waals surface area (Å²) in [5.74, 6) is -0.230. The van der Waals surface area contributed by atoms with Gasteiger partial charge < -0.3 is 4.74 Å². The maximum Gasteiger partial charge on any atom is 0.315 e. The van der Waals surface area contributed by atoms with Gasteiger partial charge in [-0.15, -0.1) is 0 Å². The minimum Gasteiger partial charge on any atom is -0.434 e. The number of esters is 1. The van der Waals surface area contributed by atoms with Crippen LogP contribution >= 0.6 is 15.9 Å². The molecule has 1 heterocycles. The van der Waals surface area contributed by atoms with Crippen LogP contribution in [0.2, 0.25) is 0 Å². The summed E-state index contributed by atoms with van der Waals surface area (Å²) in [6, 6.07) is 0. The van der Waals surface area contributed by atoms with E-state index in [4.69, 9.17) is 0 Å². The van der Waals surface area contributed by atoms with Gasteiger partial charge in [-0.05, 0) is 12.2 Å². The number of ether oxygens (including phenoxy) is 1. The van der Waals surface area contributed by atoms with E-state index in [1.807, 2.05) is 0 Å². The average Bonchev–Trinajstić information content (AvgIpc) is 1.93. The SMILES string of the molecule is O=C1CC(Br)=CC=CO1. The molecule has 0 radical (unpaired) electrons. The molecule has 0 amide bonds. The third-order valence-electron chi connectivity index (χ3n) is 0.868. The Morgan fingerprint density at radius 1 is 1.67 bits per heavy atom. The Labute approximate surface area is 61.3 Å². The van der Waals surface area contributed by atoms with Crippen LogP contribution in [-0.4, -0.2) is 5.97 Å². The van der Waals surface area contributed by atoms with E-state index in [0.29, 0.717) is 6.42 Å². The molecule has 0 fully saturated rings. The highest BCUT2D eigenvalue weighted by Crippen LogP contribution is 2.13. The molecular weight excluding hydrogens is 184 g/mol. The average molecular weight is 189 g/mol. The Morgan fingerprint density at radius 2 is 2.44 bits per heavy atom. The Hall–Kier alpha value is -0.570. The molecule has 2 nitrogen and oxygen atoms in total. The van der Waals surface area contributed by atoms with E-state index in [1.165, 1.54) is 6.26 Å². The van der Waals surface area contributed by atoms with Crippen molar-refractivity contribution >= 4 is 21.9 Å². The molecule has 0 spiro atoms. The topological polar surface area (TPSA) is 26.3 Å². The summed E-state index contributed by atoms with van der Waals surface area (Å²) in [6.45, 7) is 0. The van der Waals surface area contributed by atoms with Crippen molar-refractivity contribution < 1.29 is 9.53 Å². The van der Waals surface area contributed by atoms with Gasteiger partial charge in [-0.25, -0.2) is 0 Å². The molecule has 48 valence electrons. The maximum absolute atomic E-state index is 10.5. The summed E-state index contributed by atoms with van der Waals surface area (Å²) in [7, 11) is 0. The van der Waals surface area contributed by atoms with Crippen LogP contribution in [-0.2, 0) is 9.53 Å². The summed E-state index contributed by atoms with van der Waals surface area (Å²) in [4.78, 5) is 10.5. The van der Waals surface area contributed by atoms with Crippen molar-refractivity contribution in [3.8, 4) is 0 Å². The number of hydrogen-bond acceptors (Lipinski definition) is 2. The van der Waals surface area contributed by atoms with Crippen LogP contribution in [0.4, 0.5) is 0 Å². The molecule has 0 unspecified atom stereocenters. The zero-order valence-corrected chi connectivity index (χ0v) is 6.22. The Morgan fingerprint density at radius 3 is 3.22 bits per heavy atom.